The first-order valence-electron chi connectivity index (χ1n) is 9.56. The predicted molar refractivity (Wildman–Crippen MR) is 94.5 cm³/mol. The molecular formula is C19H36N2O2. The Morgan fingerprint density at radius 1 is 1.13 bits per heavy atom. The maximum Gasteiger partial charge on any atom is 0.407 e. The first-order valence-corrected chi connectivity index (χ1v) is 9.56. The van der Waals surface area contributed by atoms with Crippen LogP contribution in [0.3, 0.4) is 0 Å². The van der Waals surface area contributed by atoms with Gasteiger partial charge in [0.15, 0.2) is 0 Å². The number of rotatable bonds is 5. The molecule has 1 amide bonds. The molecule has 4 nitrogen and oxygen atoms in total. The number of hydrogen-bond donors (Lipinski definition) is 2. The summed E-state index contributed by atoms with van der Waals surface area (Å²) in [7, 11) is 0. The number of nitrogens with one attached hydrogen (secondary N) is 2. The maximum atomic E-state index is 12.0. The lowest BCUT2D eigenvalue weighted by Gasteiger charge is -2.33. The third-order valence-electron chi connectivity index (χ3n) is 5.23. The van der Waals surface area contributed by atoms with Crippen LogP contribution in [0.25, 0.3) is 0 Å². The predicted octanol–water partition coefficient (Wildman–Crippen LogP) is 4.24. The van der Waals surface area contributed by atoms with E-state index in [0.29, 0.717) is 24.5 Å². The molecule has 2 fully saturated rings. The minimum Gasteiger partial charge on any atom is -0.444 e. The third-order valence-corrected chi connectivity index (χ3v) is 5.23. The van der Waals surface area contributed by atoms with Crippen LogP contribution in [-0.2, 0) is 4.74 Å². The molecule has 0 aliphatic heterocycles. The van der Waals surface area contributed by atoms with Crippen LogP contribution in [0.4, 0.5) is 4.79 Å². The molecule has 2 saturated carbocycles. The Morgan fingerprint density at radius 3 is 2.39 bits per heavy atom. The van der Waals surface area contributed by atoms with E-state index in [1.54, 1.807) is 0 Å². The summed E-state index contributed by atoms with van der Waals surface area (Å²) in [6, 6.07) is 1.01. The van der Waals surface area contributed by atoms with E-state index in [4.69, 9.17) is 4.74 Å². The summed E-state index contributed by atoms with van der Waals surface area (Å²) in [4.78, 5) is 12.0. The molecule has 3 unspecified atom stereocenters. The van der Waals surface area contributed by atoms with Gasteiger partial charge in [0, 0.05) is 18.6 Å². The maximum absolute atomic E-state index is 12.0. The van der Waals surface area contributed by atoms with Crippen molar-refractivity contribution in [1.82, 2.24) is 10.6 Å². The van der Waals surface area contributed by atoms with Crippen molar-refractivity contribution < 1.29 is 9.53 Å². The van der Waals surface area contributed by atoms with E-state index in [1.165, 1.54) is 51.4 Å². The van der Waals surface area contributed by atoms with Crippen LogP contribution in [-0.4, -0.2) is 30.3 Å². The zero-order chi connectivity index (χ0) is 16.9. The van der Waals surface area contributed by atoms with Crippen molar-refractivity contribution in [2.24, 2.45) is 11.8 Å². The fourth-order valence-electron chi connectivity index (χ4n) is 4.07. The molecule has 0 saturated heterocycles. The van der Waals surface area contributed by atoms with Crippen LogP contribution in [0.5, 0.6) is 0 Å². The van der Waals surface area contributed by atoms with E-state index in [-0.39, 0.29) is 6.09 Å². The molecule has 0 bridgehead atoms. The second-order valence-electron chi connectivity index (χ2n) is 8.67. The van der Waals surface area contributed by atoms with Gasteiger partial charge in [0.05, 0.1) is 0 Å². The Morgan fingerprint density at radius 2 is 1.83 bits per heavy atom. The first-order chi connectivity index (χ1) is 10.8. The highest BCUT2D eigenvalue weighted by molar-refractivity contribution is 5.67. The number of carbonyl (C=O) groups is 1. The summed E-state index contributed by atoms with van der Waals surface area (Å²) < 4.78 is 5.38. The summed E-state index contributed by atoms with van der Waals surface area (Å²) in [5.74, 6) is 1.52. The van der Waals surface area contributed by atoms with Gasteiger partial charge in [-0.2, -0.15) is 0 Å². The topological polar surface area (TPSA) is 50.4 Å². The standard InChI is InChI=1S/C19H36N2O2/c1-14-10-11-16(12-14)21-17(15-8-6-5-7-9-15)13-20-18(22)23-19(2,3)4/h14-17,21H,5-13H2,1-4H3,(H,20,22). The van der Waals surface area contributed by atoms with E-state index >= 15 is 0 Å². The molecule has 2 aliphatic rings. The van der Waals surface area contributed by atoms with Gasteiger partial charge in [-0.25, -0.2) is 4.79 Å². The highest BCUT2D eigenvalue weighted by Crippen LogP contribution is 2.29. The zero-order valence-electron chi connectivity index (χ0n) is 15.5. The minimum absolute atomic E-state index is 0.292. The SMILES string of the molecule is CC1CCC(NC(CNC(=O)OC(C)(C)C)C2CCCCC2)C1. The van der Waals surface area contributed by atoms with Gasteiger partial charge in [-0.1, -0.05) is 26.2 Å². The Kier molecular flexibility index (Phi) is 6.75. The lowest BCUT2D eigenvalue weighted by molar-refractivity contribution is 0.0514. The number of alkyl carbamates (subject to hydrolysis) is 1. The number of hydrogen-bond acceptors (Lipinski definition) is 3. The van der Waals surface area contributed by atoms with Crippen molar-refractivity contribution in [3.8, 4) is 0 Å². The molecule has 2 aliphatic carbocycles. The van der Waals surface area contributed by atoms with Gasteiger partial charge in [-0.15, -0.1) is 0 Å². The summed E-state index contributed by atoms with van der Waals surface area (Å²) in [5, 5.41) is 6.86. The normalized spacial score (nSPS) is 27.7. The van der Waals surface area contributed by atoms with E-state index < -0.39 is 5.60 Å². The molecule has 0 aromatic carbocycles. The lowest BCUT2D eigenvalue weighted by atomic mass is 9.83. The molecule has 0 radical (unpaired) electrons. The van der Waals surface area contributed by atoms with E-state index in [2.05, 4.69) is 17.6 Å². The lowest BCUT2D eigenvalue weighted by Crippen LogP contribution is -2.50. The molecule has 3 atom stereocenters. The van der Waals surface area contributed by atoms with Gasteiger partial charge < -0.3 is 15.4 Å². The Bertz CT molecular complexity index is 372. The Balaban J connectivity index is 1.86. The Labute approximate surface area is 142 Å². The minimum atomic E-state index is -0.432. The number of amides is 1. The van der Waals surface area contributed by atoms with E-state index in [0.717, 1.165) is 5.92 Å². The molecular weight excluding hydrogens is 288 g/mol. The van der Waals surface area contributed by atoms with Crippen molar-refractivity contribution in [1.29, 1.82) is 0 Å². The van der Waals surface area contributed by atoms with Crippen molar-refractivity contribution in [3.63, 3.8) is 0 Å². The second-order valence-corrected chi connectivity index (χ2v) is 8.67. The van der Waals surface area contributed by atoms with Crippen molar-refractivity contribution >= 4 is 6.09 Å². The van der Waals surface area contributed by atoms with Gasteiger partial charge in [0.2, 0.25) is 0 Å². The van der Waals surface area contributed by atoms with Crippen molar-refractivity contribution in [2.45, 2.75) is 96.7 Å². The van der Waals surface area contributed by atoms with E-state index in [1.807, 2.05) is 20.8 Å². The van der Waals surface area contributed by atoms with Crippen molar-refractivity contribution in [2.75, 3.05) is 6.54 Å². The van der Waals surface area contributed by atoms with Gasteiger partial charge in [0.25, 0.3) is 0 Å². The Hall–Kier alpha value is -0.770. The van der Waals surface area contributed by atoms with Gasteiger partial charge in [-0.05, 0) is 64.7 Å². The second kappa shape index (κ2) is 8.36. The van der Waals surface area contributed by atoms with Crippen LogP contribution in [0, 0.1) is 11.8 Å². The molecule has 4 heteroatoms. The molecule has 2 N–H and O–H groups in total. The highest BCUT2D eigenvalue weighted by atomic mass is 16.6. The average Bonchev–Trinajstić information content (AvgIpc) is 2.88. The fraction of sp³-hybridized carbons (Fsp3) is 0.947. The van der Waals surface area contributed by atoms with Crippen LogP contribution in [0.2, 0.25) is 0 Å². The number of ether oxygens (including phenoxy) is 1. The zero-order valence-corrected chi connectivity index (χ0v) is 15.5. The summed E-state index contributed by atoms with van der Waals surface area (Å²) in [5.41, 5.74) is -0.432. The van der Waals surface area contributed by atoms with E-state index in [9.17, 15) is 4.79 Å². The monoisotopic (exact) mass is 324 g/mol. The summed E-state index contributed by atoms with van der Waals surface area (Å²) in [6.45, 7) is 8.75. The summed E-state index contributed by atoms with van der Waals surface area (Å²) in [6.07, 6.45) is 10.2. The van der Waals surface area contributed by atoms with Crippen LogP contribution in [0.15, 0.2) is 0 Å². The molecule has 2 rings (SSSR count). The van der Waals surface area contributed by atoms with Crippen molar-refractivity contribution in [3.05, 3.63) is 0 Å². The van der Waals surface area contributed by atoms with Gasteiger partial charge in [0.1, 0.15) is 5.60 Å². The molecule has 0 aromatic heterocycles. The smallest absolute Gasteiger partial charge is 0.407 e. The molecule has 0 spiro atoms. The molecule has 23 heavy (non-hydrogen) atoms. The fourth-order valence-corrected chi connectivity index (χ4v) is 4.07. The third kappa shape index (κ3) is 6.70. The van der Waals surface area contributed by atoms with Gasteiger partial charge in [-0.3, -0.25) is 0 Å². The van der Waals surface area contributed by atoms with Crippen LogP contribution >= 0.6 is 0 Å². The number of carbonyl (C=O) groups excluding carboxylic acids is 1. The summed E-state index contributed by atoms with van der Waals surface area (Å²) >= 11 is 0. The quantitative estimate of drug-likeness (QED) is 0.795. The average molecular weight is 325 g/mol. The van der Waals surface area contributed by atoms with Crippen LogP contribution < -0.4 is 10.6 Å². The highest BCUT2D eigenvalue weighted by Gasteiger charge is 2.29. The molecule has 0 heterocycles. The molecule has 134 valence electrons. The largest absolute Gasteiger partial charge is 0.444 e. The van der Waals surface area contributed by atoms with Gasteiger partial charge >= 0.3 is 6.09 Å². The molecule has 0 aromatic rings. The first kappa shape index (κ1) is 18.6. The van der Waals surface area contributed by atoms with Crippen LogP contribution in [0.1, 0.15) is 79.1 Å².